The molecule has 0 bridgehead atoms. The summed E-state index contributed by atoms with van der Waals surface area (Å²) in [7, 11) is -4.32. The summed E-state index contributed by atoms with van der Waals surface area (Å²) < 4.78 is 68.0. The lowest BCUT2D eigenvalue weighted by atomic mass is 10.1. The van der Waals surface area contributed by atoms with Gasteiger partial charge in [0.05, 0.1) is 0 Å². The highest BCUT2D eigenvalue weighted by atomic mass is 32.2. The molecule has 0 aliphatic rings. The predicted molar refractivity (Wildman–Crippen MR) is 61.9 cm³/mol. The first-order chi connectivity index (χ1) is 9.62. The van der Waals surface area contributed by atoms with Crippen molar-refractivity contribution >= 4 is 15.8 Å². The van der Waals surface area contributed by atoms with Crippen molar-refractivity contribution in [1.29, 1.82) is 0 Å². The quantitative estimate of drug-likeness (QED) is 0.867. The summed E-state index contributed by atoms with van der Waals surface area (Å²) in [5.41, 5.74) is -1.24. The number of carboxylic acids is 1. The van der Waals surface area contributed by atoms with Crippen LogP contribution in [0.3, 0.4) is 0 Å². The average molecular weight is 321 g/mol. The van der Waals surface area contributed by atoms with Crippen LogP contribution in [-0.2, 0) is 9.84 Å². The van der Waals surface area contributed by atoms with Gasteiger partial charge in [0.15, 0.2) is 21.5 Å². The fourth-order valence-corrected chi connectivity index (χ4v) is 2.44. The van der Waals surface area contributed by atoms with Crippen LogP contribution in [-0.4, -0.2) is 30.9 Å². The van der Waals surface area contributed by atoms with Gasteiger partial charge in [0, 0.05) is 17.9 Å². The molecule has 0 aliphatic carbocycles. The summed E-state index contributed by atoms with van der Waals surface area (Å²) in [6.07, 6.45) is 0.520. The Labute approximate surface area is 115 Å². The zero-order valence-corrected chi connectivity index (χ0v) is 11.0. The summed E-state index contributed by atoms with van der Waals surface area (Å²) in [5.74, 6) is -7.29. The van der Waals surface area contributed by atoms with Crippen molar-refractivity contribution in [2.75, 3.05) is 6.26 Å². The smallest absolute Gasteiger partial charge is 0.374 e. The van der Waals surface area contributed by atoms with Gasteiger partial charge in [-0.25, -0.2) is 26.4 Å². The normalized spacial score (nSPS) is 11.6. The number of carbonyl (C=O) groups is 1. The maximum atomic E-state index is 13.8. The minimum atomic E-state index is -4.32. The lowest BCUT2D eigenvalue weighted by Gasteiger charge is -2.06. The summed E-state index contributed by atoms with van der Waals surface area (Å²) in [6, 6.07) is 1.15. The first-order valence-corrected chi connectivity index (χ1v) is 7.10. The third-order valence-corrected chi connectivity index (χ3v) is 3.60. The van der Waals surface area contributed by atoms with E-state index in [2.05, 4.69) is 9.68 Å². The molecule has 0 radical (unpaired) electrons. The summed E-state index contributed by atoms with van der Waals surface area (Å²) in [4.78, 5) is 9.18. The zero-order valence-electron chi connectivity index (χ0n) is 10.2. The van der Waals surface area contributed by atoms with Gasteiger partial charge in [-0.05, 0) is 6.07 Å². The molecule has 0 saturated carbocycles. The summed E-state index contributed by atoms with van der Waals surface area (Å²) >= 11 is 0. The molecule has 0 fully saturated rings. The number of carboxylic acid groups (broad SMARTS) is 1. The molecular formula is C11H6F3NO5S. The van der Waals surface area contributed by atoms with E-state index in [0.29, 0.717) is 12.3 Å². The van der Waals surface area contributed by atoms with E-state index in [1.165, 1.54) is 0 Å². The third-order valence-electron chi connectivity index (χ3n) is 2.48. The first kappa shape index (κ1) is 15.0. The fourth-order valence-electron chi connectivity index (χ4n) is 1.61. The molecule has 21 heavy (non-hydrogen) atoms. The van der Waals surface area contributed by atoms with Crippen LogP contribution in [0.25, 0.3) is 11.3 Å². The predicted octanol–water partition coefficient (Wildman–Crippen LogP) is 1.86. The van der Waals surface area contributed by atoms with Crippen LogP contribution in [0.15, 0.2) is 21.6 Å². The van der Waals surface area contributed by atoms with Crippen molar-refractivity contribution in [3.63, 3.8) is 0 Å². The van der Waals surface area contributed by atoms with E-state index in [1.54, 1.807) is 0 Å². The Balaban J connectivity index is 2.69. The Morgan fingerprint density at radius 2 is 1.86 bits per heavy atom. The molecule has 1 N–H and O–H groups in total. The number of aromatic nitrogens is 1. The van der Waals surface area contributed by atoms with Crippen molar-refractivity contribution < 1.29 is 36.0 Å². The van der Waals surface area contributed by atoms with Crippen molar-refractivity contribution in [2.24, 2.45) is 0 Å². The highest BCUT2D eigenvalue weighted by molar-refractivity contribution is 7.90. The Morgan fingerprint density at radius 3 is 2.33 bits per heavy atom. The number of benzene rings is 1. The van der Waals surface area contributed by atoms with Gasteiger partial charge < -0.3 is 9.63 Å². The van der Waals surface area contributed by atoms with Crippen LogP contribution in [0, 0.1) is 17.5 Å². The largest absolute Gasteiger partial charge is 0.475 e. The molecule has 0 aliphatic heterocycles. The molecule has 112 valence electrons. The molecule has 0 spiro atoms. The molecule has 2 rings (SSSR count). The van der Waals surface area contributed by atoms with Crippen molar-refractivity contribution in [3.05, 3.63) is 35.3 Å². The molecule has 1 aromatic heterocycles. The second kappa shape index (κ2) is 4.88. The molecule has 6 nitrogen and oxygen atoms in total. The highest BCUT2D eigenvalue weighted by Crippen LogP contribution is 2.30. The van der Waals surface area contributed by atoms with E-state index in [-0.39, 0.29) is 0 Å². The van der Waals surface area contributed by atoms with Gasteiger partial charge in [0.25, 0.3) is 0 Å². The van der Waals surface area contributed by atoms with Crippen LogP contribution in [0.1, 0.15) is 10.6 Å². The maximum absolute atomic E-state index is 13.8. The molecule has 2 aromatic rings. The molecule has 0 saturated heterocycles. The van der Waals surface area contributed by atoms with Gasteiger partial charge in [-0.2, -0.15) is 0 Å². The van der Waals surface area contributed by atoms with Crippen LogP contribution in [0.2, 0.25) is 0 Å². The molecule has 10 heteroatoms. The number of aromatic carboxylic acids is 1. The van der Waals surface area contributed by atoms with E-state index in [9.17, 15) is 26.4 Å². The monoisotopic (exact) mass is 321 g/mol. The standard InChI is InChI=1S/C11H6F3NO5S/c1-21(18,19)10-5(12)2-4(8(13)9(10)14)6-3-7(11(16)17)20-15-6/h2-3H,1H3,(H,16,17). The van der Waals surface area contributed by atoms with Crippen molar-refractivity contribution in [3.8, 4) is 11.3 Å². The molecule has 0 atom stereocenters. The van der Waals surface area contributed by atoms with Gasteiger partial charge in [0.2, 0.25) is 5.76 Å². The van der Waals surface area contributed by atoms with Gasteiger partial charge in [0.1, 0.15) is 16.4 Å². The van der Waals surface area contributed by atoms with Crippen LogP contribution in [0.5, 0.6) is 0 Å². The van der Waals surface area contributed by atoms with E-state index >= 15 is 0 Å². The van der Waals surface area contributed by atoms with Crippen LogP contribution >= 0.6 is 0 Å². The van der Waals surface area contributed by atoms with Crippen molar-refractivity contribution in [1.82, 2.24) is 5.16 Å². The molecular weight excluding hydrogens is 315 g/mol. The van der Waals surface area contributed by atoms with Gasteiger partial charge >= 0.3 is 5.97 Å². The number of nitrogens with zero attached hydrogens (tertiary/aromatic N) is 1. The first-order valence-electron chi connectivity index (χ1n) is 5.21. The minimum absolute atomic E-state index is 0.401. The molecule has 0 amide bonds. The average Bonchev–Trinajstić information content (AvgIpc) is 2.81. The number of rotatable bonds is 3. The number of hydrogen-bond acceptors (Lipinski definition) is 5. The van der Waals surface area contributed by atoms with E-state index in [4.69, 9.17) is 5.11 Å². The van der Waals surface area contributed by atoms with Crippen LogP contribution < -0.4 is 0 Å². The topological polar surface area (TPSA) is 97.5 Å². The molecule has 1 heterocycles. The van der Waals surface area contributed by atoms with E-state index < -0.39 is 55.2 Å². The fraction of sp³-hybridized carbons (Fsp3) is 0.0909. The SMILES string of the molecule is CS(=O)(=O)c1c(F)cc(-c2cc(C(=O)O)on2)c(F)c1F. The number of sulfone groups is 1. The third kappa shape index (κ3) is 2.61. The van der Waals surface area contributed by atoms with Gasteiger partial charge in [-0.1, -0.05) is 5.16 Å². The lowest BCUT2D eigenvalue weighted by Crippen LogP contribution is -2.07. The number of hydrogen-bond donors (Lipinski definition) is 1. The van der Waals surface area contributed by atoms with E-state index in [1.807, 2.05) is 0 Å². The van der Waals surface area contributed by atoms with Crippen LogP contribution in [0.4, 0.5) is 13.2 Å². The lowest BCUT2D eigenvalue weighted by molar-refractivity contribution is 0.0652. The highest BCUT2D eigenvalue weighted by Gasteiger charge is 2.27. The Hall–Kier alpha value is -2.36. The second-order valence-corrected chi connectivity index (χ2v) is 5.97. The minimum Gasteiger partial charge on any atom is -0.475 e. The van der Waals surface area contributed by atoms with E-state index in [0.717, 1.165) is 6.07 Å². The summed E-state index contributed by atoms with van der Waals surface area (Å²) in [6.45, 7) is 0. The van der Waals surface area contributed by atoms with Gasteiger partial charge in [-0.3, -0.25) is 0 Å². The van der Waals surface area contributed by atoms with Crippen molar-refractivity contribution in [2.45, 2.75) is 4.90 Å². The number of halogens is 3. The Morgan fingerprint density at radius 1 is 1.24 bits per heavy atom. The summed E-state index contributed by atoms with van der Waals surface area (Å²) in [5, 5.41) is 11.8. The Kier molecular flexibility index (Phi) is 3.49. The maximum Gasteiger partial charge on any atom is 0.374 e. The zero-order chi connectivity index (χ0) is 15.9. The van der Waals surface area contributed by atoms with Gasteiger partial charge in [-0.15, -0.1) is 0 Å². The second-order valence-electron chi connectivity index (χ2n) is 4.02. The molecule has 1 aromatic carbocycles. The molecule has 0 unspecified atom stereocenters. The Bertz CT molecular complexity index is 844.